The maximum atomic E-state index is 9.57. The van der Waals surface area contributed by atoms with Gasteiger partial charge in [-0.25, -0.2) is 0 Å². The largest absolute Gasteiger partial charge is 0.392 e. The lowest BCUT2D eigenvalue weighted by atomic mass is 9.97. The van der Waals surface area contributed by atoms with Gasteiger partial charge in [0.15, 0.2) is 0 Å². The van der Waals surface area contributed by atoms with Crippen molar-refractivity contribution in [2.24, 2.45) is 11.7 Å². The van der Waals surface area contributed by atoms with E-state index >= 15 is 0 Å². The molecular weight excluding hydrogens is 150 g/mol. The van der Waals surface area contributed by atoms with Gasteiger partial charge in [-0.15, -0.1) is 0 Å². The van der Waals surface area contributed by atoms with E-state index in [1.165, 1.54) is 0 Å². The van der Waals surface area contributed by atoms with Crippen molar-refractivity contribution in [2.75, 3.05) is 0 Å². The fourth-order valence-corrected chi connectivity index (χ4v) is 1.33. The van der Waals surface area contributed by atoms with Gasteiger partial charge in [0, 0.05) is 6.04 Å². The van der Waals surface area contributed by atoms with E-state index in [1.807, 2.05) is 0 Å². The van der Waals surface area contributed by atoms with Gasteiger partial charge < -0.3 is 10.8 Å². The quantitative estimate of drug-likeness (QED) is 0.644. The van der Waals surface area contributed by atoms with Gasteiger partial charge in [0.2, 0.25) is 0 Å². The standard InChI is InChI=1S/C10H23NO/c1-4-5-6-10(12)9(11)7-8(2)3/h8-10,12H,4-7,11H2,1-3H3. The van der Waals surface area contributed by atoms with Crippen LogP contribution in [0.1, 0.15) is 46.5 Å². The number of rotatable bonds is 6. The third kappa shape index (κ3) is 5.56. The Labute approximate surface area is 76.2 Å². The fraction of sp³-hybridized carbons (Fsp3) is 1.00. The van der Waals surface area contributed by atoms with E-state index in [-0.39, 0.29) is 12.1 Å². The molecule has 12 heavy (non-hydrogen) atoms. The normalized spacial score (nSPS) is 16.5. The molecule has 74 valence electrons. The van der Waals surface area contributed by atoms with E-state index in [0.717, 1.165) is 25.7 Å². The number of hydrogen-bond donors (Lipinski definition) is 2. The van der Waals surface area contributed by atoms with Crippen LogP contribution >= 0.6 is 0 Å². The molecule has 2 nitrogen and oxygen atoms in total. The van der Waals surface area contributed by atoms with Crippen LogP contribution in [-0.4, -0.2) is 17.3 Å². The first-order valence-corrected chi connectivity index (χ1v) is 5.01. The summed E-state index contributed by atoms with van der Waals surface area (Å²) in [5, 5.41) is 9.57. The number of nitrogens with two attached hydrogens (primary N) is 1. The van der Waals surface area contributed by atoms with Crippen molar-refractivity contribution >= 4 is 0 Å². The summed E-state index contributed by atoms with van der Waals surface area (Å²) in [6, 6.07) is -0.0310. The zero-order chi connectivity index (χ0) is 9.56. The first-order valence-electron chi connectivity index (χ1n) is 5.01. The lowest BCUT2D eigenvalue weighted by Crippen LogP contribution is -2.35. The maximum Gasteiger partial charge on any atom is 0.0691 e. The van der Waals surface area contributed by atoms with E-state index in [0.29, 0.717) is 5.92 Å². The Hall–Kier alpha value is -0.0800. The summed E-state index contributed by atoms with van der Waals surface area (Å²) in [6.45, 7) is 6.39. The Morgan fingerprint density at radius 3 is 2.33 bits per heavy atom. The summed E-state index contributed by atoms with van der Waals surface area (Å²) in [4.78, 5) is 0. The van der Waals surface area contributed by atoms with Crippen LogP contribution in [0.15, 0.2) is 0 Å². The molecule has 0 spiro atoms. The maximum absolute atomic E-state index is 9.57. The molecule has 0 aromatic heterocycles. The lowest BCUT2D eigenvalue weighted by Gasteiger charge is -2.20. The molecule has 0 radical (unpaired) electrons. The number of unbranched alkanes of at least 4 members (excludes halogenated alkanes) is 1. The smallest absolute Gasteiger partial charge is 0.0691 e. The lowest BCUT2D eigenvalue weighted by molar-refractivity contribution is 0.123. The Balaban J connectivity index is 3.53. The number of hydrogen-bond acceptors (Lipinski definition) is 2. The van der Waals surface area contributed by atoms with Gasteiger partial charge in [-0.05, 0) is 18.8 Å². The highest BCUT2D eigenvalue weighted by Crippen LogP contribution is 2.10. The Bertz CT molecular complexity index is 104. The molecule has 2 atom stereocenters. The summed E-state index contributed by atoms with van der Waals surface area (Å²) < 4.78 is 0. The van der Waals surface area contributed by atoms with E-state index in [4.69, 9.17) is 5.73 Å². The average molecular weight is 173 g/mol. The van der Waals surface area contributed by atoms with E-state index < -0.39 is 0 Å². The topological polar surface area (TPSA) is 46.2 Å². The van der Waals surface area contributed by atoms with Crippen LogP contribution in [0, 0.1) is 5.92 Å². The van der Waals surface area contributed by atoms with Gasteiger partial charge in [-0.1, -0.05) is 33.6 Å². The zero-order valence-electron chi connectivity index (χ0n) is 8.59. The van der Waals surface area contributed by atoms with Gasteiger partial charge in [0.05, 0.1) is 6.10 Å². The second-order valence-corrected chi connectivity index (χ2v) is 4.00. The van der Waals surface area contributed by atoms with Gasteiger partial charge in [0.25, 0.3) is 0 Å². The Kier molecular flexibility index (Phi) is 6.39. The number of aliphatic hydroxyl groups excluding tert-OH is 1. The Morgan fingerprint density at radius 1 is 1.33 bits per heavy atom. The van der Waals surface area contributed by atoms with Crippen molar-refractivity contribution in [1.29, 1.82) is 0 Å². The summed E-state index contributed by atoms with van der Waals surface area (Å²) in [5.74, 6) is 0.580. The molecular formula is C10H23NO. The highest BCUT2D eigenvalue weighted by Gasteiger charge is 2.14. The van der Waals surface area contributed by atoms with Crippen molar-refractivity contribution in [1.82, 2.24) is 0 Å². The summed E-state index contributed by atoms with van der Waals surface area (Å²) in [7, 11) is 0. The molecule has 0 aromatic rings. The molecule has 0 aliphatic heterocycles. The van der Waals surface area contributed by atoms with Crippen molar-refractivity contribution < 1.29 is 5.11 Å². The second-order valence-electron chi connectivity index (χ2n) is 4.00. The number of aliphatic hydroxyl groups is 1. The Morgan fingerprint density at radius 2 is 1.92 bits per heavy atom. The SMILES string of the molecule is CCCCC(O)C(N)CC(C)C. The van der Waals surface area contributed by atoms with E-state index in [2.05, 4.69) is 20.8 Å². The van der Waals surface area contributed by atoms with E-state index in [1.54, 1.807) is 0 Å². The monoisotopic (exact) mass is 173 g/mol. The van der Waals surface area contributed by atoms with Crippen LogP contribution in [-0.2, 0) is 0 Å². The summed E-state index contributed by atoms with van der Waals surface area (Å²) >= 11 is 0. The minimum Gasteiger partial charge on any atom is -0.392 e. The van der Waals surface area contributed by atoms with Crippen molar-refractivity contribution in [3.63, 3.8) is 0 Å². The van der Waals surface area contributed by atoms with Crippen molar-refractivity contribution in [2.45, 2.75) is 58.6 Å². The third-order valence-electron chi connectivity index (χ3n) is 2.09. The highest BCUT2D eigenvalue weighted by molar-refractivity contribution is 4.72. The summed E-state index contributed by atoms with van der Waals surface area (Å²) in [5.41, 5.74) is 5.81. The molecule has 0 aromatic carbocycles. The van der Waals surface area contributed by atoms with Crippen LogP contribution in [0.5, 0.6) is 0 Å². The molecule has 0 rings (SSSR count). The molecule has 0 aliphatic rings. The molecule has 2 heteroatoms. The first-order chi connectivity index (χ1) is 5.57. The molecule has 2 unspecified atom stereocenters. The van der Waals surface area contributed by atoms with Gasteiger partial charge in [-0.2, -0.15) is 0 Å². The van der Waals surface area contributed by atoms with Crippen LogP contribution in [0.2, 0.25) is 0 Å². The van der Waals surface area contributed by atoms with Gasteiger partial charge in [-0.3, -0.25) is 0 Å². The predicted octanol–water partition coefficient (Wildman–Crippen LogP) is 1.91. The zero-order valence-corrected chi connectivity index (χ0v) is 8.59. The molecule has 0 fully saturated rings. The summed E-state index contributed by atoms with van der Waals surface area (Å²) in [6.07, 6.45) is 3.68. The second kappa shape index (κ2) is 6.44. The van der Waals surface area contributed by atoms with Gasteiger partial charge in [0.1, 0.15) is 0 Å². The minimum atomic E-state index is -0.299. The molecule has 0 saturated carbocycles. The van der Waals surface area contributed by atoms with Crippen LogP contribution in [0.25, 0.3) is 0 Å². The molecule has 0 aliphatic carbocycles. The third-order valence-corrected chi connectivity index (χ3v) is 2.09. The molecule has 0 heterocycles. The highest BCUT2D eigenvalue weighted by atomic mass is 16.3. The predicted molar refractivity (Wildman–Crippen MR) is 53.0 cm³/mol. The molecule has 3 N–H and O–H groups in total. The van der Waals surface area contributed by atoms with Crippen LogP contribution in [0.4, 0.5) is 0 Å². The fourth-order valence-electron chi connectivity index (χ4n) is 1.33. The van der Waals surface area contributed by atoms with Crippen molar-refractivity contribution in [3.05, 3.63) is 0 Å². The average Bonchev–Trinajstić information content (AvgIpc) is 1.98. The molecule has 0 amide bonds. The van der Waals surface area contributed by atoms with Crippen LogP contribution in [0.3, 0.4) is 0 Å². The molecule has 0 bridgehead atoms. The van der Waals surface area contributed by atoms with Gasteiger partial charge >= 0.3 is 0 Å². The minimum absolute atomic E-state index is 0.0310. The van der Waals surface area contributed by atoms with Crippen molar-refractivity contribution in [3.8, 4) is 0 Å². The molecule has 0 saturated heterocycles. The first kappa shape index (κ1) is 11.9. The van der Waals surface area contributed by atoms with E-state index in [9.17, 15) is 5.11 Å². The van der Waals surface area contributed by atoms with Crippen LogP contribution < -0.4 is 5.73 Å².